The number of nitrogens with one attached hydrogen (secondary N) is 1. The van der Waals surface area contributed by atoms with Crippen LogP contribution in [0.5, 0.6) is 5.75 Å². The van der Waals surface area contributed by atoms with Crippen molar-refractivity contribution < 1.29 is 4.74 Å². The van der Waals surface area contributed by atoms with Crippen molar-refractivity contribution in [3.8, 4) is 28.3 Å². The van der Waals surface area contributed by atoms with Crippen LogP contribution >= 0.6 is 0 Å². The van der Waals surface area contributed by atoms with Gasteiger partial charge in [-0.3, -0.25) is 0 Å². The molecule has 0 bridgehead atoms. The highest BCUT2D eigenvalue weighted by molar-refractivity contribution is 5.81. The van der Waals surface area contributed by atoms with Gasteiger partial charge in [-0.05, 0) is 23.3 Å². The summed E-state index contributed by atoms with van der Waals surface area (Å²) in [5.74, 6) is 1.69. The van der Waals surface area contributed by atoms with E-state index in [0.29, 0.717) is 0 Å². The molecule has 23 heavy (non-hydrogen) atoms. The lowest BCUT2D eigenvalue weighted by Gasteiger charge is -2.02. The lowest BCUT2D eigenvalue weighted by atomic mass is 10.0. The van der Waals surface area contributed by atoms with E-state index in [4.69, 9.17) is 4.74 Å². The summed E-state index contributed by atoms with van der Waals surface area (Å²) < 4.78 is 5.25. The van der Waals surface area contributed by atoms with E-state index in [1.54, 1.807) is 7.11 Å². The van der Waals surface area contributed by atoms with Gasteiger partial charge in [-0.15, -0.1) is 0 Å². The van der Waals surface area contributed by atoms with Crippen LogP contribution in [0, 0.1) is 0 Å². The van der Waals surface area contributed by atoms with Crippen molar-refractivity contribution >= 4 is 11.0 Å². The van der Waals surface area contributed by atoms with E-state index in [1.807, 2.05) is 24.3 Å². The summed E-state index contributed by atoms with van der Waals surface area (Å²) in [6.45, 7) is 0. The van der Waals surface area contributed by atoms with E-state index in [-0.39, 0.29) is 0 Å². The molecule has 4 rings (SSSR count). The fraction of sp³-hybridized carbons (Fsp3) is 0.0500. The molecule has 112 valence electrons. The summed E-state index contributed by atoms with van der Waals surface area (Å²) >= 11 is 0. The third-order valence-electron chi connectivity index (χ3n) is 3.95. The standard InChI is InChI=1S/C20H16N2O/c1-23-17-11-12-18-19(13-17)22-20(21-18)16-9-7-15(8-10-16)14-5-3-2-4-6-14/h2-13H,1H3,(H,21,22). The van der Waals surface area contributed by atoms with Crippen molar-refractivity contribution in [2.75, 3.05) is 7.11 Å². The van der Waals surface area contributed by atoms with Crippen LogP contribution in [0.25, 0.3) is 33.5 Å². The Hall–Kier alpha value is -3.07. The average molecular weight is 300 g/mol. The van der Waals surface area contributed by atoms with Crippen molar-refractivity contribution in [2.24, 2.45) is 0 Å². The Balaban J connectivity index is 1.70. The molecule has 0 spiro atoms. The summed E-state index contributed by atoms with van der Waals surface area (Å²) in [5, 5.41) is 0. The molecule has 0 aliphatic heterocycles. The largest absolute Gasteiger partial charge is 0.497 e. The predicted octanol–water partition coefficient (Wildman–Crippen LogP) is 4.91. The van der Waals surface area contributed by atoms with E-state index < -0.39 is 0 Å². The smallest absolute Gasteiger partial charge is 0.138 e. The van der Waals surface area contributed by atoms with Crippen LogP contribution in [0.15, 0.2) is 72.8 Å². The molecular formula is C20H16N2O. The number of rotatable bonds is 3. The van der Waals surface area contributed by atoms with Gasteiger partial charge in [-0.25, -0.2) is 4.98 Å². The molecule has 3 aromatic carbocycles. The van der Waals surface area contributed by atoms with Gasteiger partial charge in [0, 0.05) is 11.6 Å². The maximum absolute atomic E-state index is 5.25. The Labute approximate surface area is 134 Å². The van der Waals surface area contributed by atoms with Crippen LogP contribution in [0.2, 0.25) is 0 Å². The van der Waals surface area contributed by atoms with Gasteiger partial charge in [0.05, 0.1) is 18.1 Å². The first-order chi connectivity index (χ1) is 11.3. The van der Waals surface area contributed by atoms with Crippen LogP contribution in [-0.2, 0) is 0 Å². The zero-order valence-electron chi connectivity index (χ0n) is 12.8. The number of H-pyrrole nitrogens is 1. The first-order valence-corrected chi connectivity index (χ1v) is 7.53. The monoisotopic (exact) mass is 300 g/mol. The zero-order chi connectivity index (χ0) is 15.6. The Kier molecular flexibility index (Phi) is 3.31. The molecule has 0 unspecified atom stereocenters. The van der Waals surface area contributed by atoms with Crippen LogP contribution in [0.1, 0.15) is 0 Å². The minimum atomic E-state index is 0.826. The normalized spacial score (nSPS) is 10.8. The van der Waals surface area contributed by atoms with Crippen molar-refractivity contribution in [1.29, 1.82) is 0 Å². The molecular weight excluding hydrogens is 284 g/mol. The first kappa shape index (κ1) is 13.6. The predicted molar refractivity (Wildman–Crippen MR) is 93.5 cm³/mol. The molecule has 0 radical (unpaired) electrons. The highest BCUT2D eigenvalue weighted by Gasteiger charge is 2.06. The van der Waals surface area contributed by atoms with Gasteiger partial charge in [0.1, 0.15) is 11.6 Å². The van der Waals surface area contributed by atoms with Crippen molar-refractivity contribution in [3.63, 3.8) is 0 Å². The SMILES string of the molecule is COc1ccc2nc(-c3ccc(-c4ccccc4)cc3)[nH]c2c1. The fourth-order valence-corrected chi connectivity index (χ4v) is 2.70. The molecule has 0 aliphatic carbocycles. The number of ether oxygens (including phenoxy) is 1. The van der Waals surface area contributed by atoms with E-state index in [9.17, 15) is 0 Å². The molecule has 0 amide bonds. The van der Waals surface area contributed by atoms with Crippen LogP contribution < -0.4 is 4.74 Å². The minimum absolute atomic E-state index is 0.826. The van der Waals surface area contributed by atoms with E-state index in [2.05, 4.69) is 58.5 Å². The molecule has 0 atom stereocenters. The molecule has 1 N–H and O–H groups in total. The van der Waals surface area contributed by atoms with Crippen LogP contribution in [0.4, 0.5) is 0 Å². The number of imidazole rings is 1. The van der Waals surface area contributed by atoms with Crippen molar-refractivity contribution in [2.45, 2.75) is 0 Å². The average Bonchev–Trinajstić information content (AvgIpc) is 3.05. The second-order valence-corrected chi connectivity index (χ2v) is 5.41. The van der Waals surface area contributed by atoms with Crippen LogP contribution in [0.3, 0.4) is 0 Å². The molecule has 3 heteroatoms. The second-order valence-electron chi connectivity index (χ2n) is 5.41. The number of hydrogen-bond acceptors (Lipinski definition) is 2. The molecule has 0 saturated heterocycles. The topological polar surface area (TPSA) is 37.9 Å². The zero-order valence-corrected chi connectivity index (χ0v) is 12.8. The molecule has 3 nitrogen and oxygen atoms in total. The van der Waals surface area contributed by atoms with Crippen molar-refractivity contribution in [3.05, 3.63) is 72.8 Å². The van der Waals surface area contributed by atoms with E-state index in [0.717, 1.165) is 28.2 Å². The van der Waals surface area contributed by atoms with Gasteiger partial charge >= 0.3 is 0 Å². The number of methoxy groups -OCH3 is 1. The molecule has 0 fully saturated rings. The van der Waals surface area contributed by atoms with Gasteiger partial charge in [-0.1, -0.05) is 54.6 Å². The Bertz CT molecular complexity index is 940. The van der Waals surface area contributed by atoms with Crippen LogP contribution in [-0.4, -0.2) is 17.1 Å². The Morgan fingerprint density at radius 1 is 0.783 bits per heavy atom. The van der Waals surface area contributed by atoms with Gasteiger partial charge in [0.15, 0.2) is 0 Å². The molecule has 4 aromatic rings. The van der Waals surface area contributed by atoms with Gasteiger partial charge in [0.25, 0.3) is 0 Å². The summed E-state index contributed by atoms with van der Waals surface area (Å²) in [6.07, 6.45) is 0. The third-order valence-corrected chi connectivity index (χ3v) is 3.95. The third kappa shape index (κ3) is 2.57. The molecule has 1 heterocycles. The Morgan fingerprint density at radius 2 is 1.48 bits per heavy atom. The summed E-state index contributed by atoms with van der Waals surface area (Å²) in [5.41, 5.74) is 5.40. The maximum atomic E-state index is 5.25. The summed E-state index contributed by atoms with van der Waals surface area (Å²) in [4.78, 5) is 8.00. The highest BCUT2D eigenvalue weighted by atomic mass is 16.5. The Morgan fingerprint density at radius 3 is 2.22 bits per heavy atom. The molecule has 1 aromatic heterocycles. The number of nitrogens with zero attached hydrogens (tertiary/aromatic N) is 1. The van der Waals surface area contributed by atoms with E-state index in [1.165, 1.54) is 11.1 Å². The van der Waals surface area contributed by atoms with Crippen molar-refractivity contribution in [1.82, 2.24) is 9.97 Å². The highest BCUT2D eigenvalue weighted by Crippen LogP contribution is 2.26. The number of benzene rings is 3. The lowest BCUT2D eigenvalue weighted by molar-refractivity contribution is 0.415. The number of hydrogen-bond donors (Lipinski definition) is 1. The summed E-state index contributed by atoms with van der Waals surface area (Å²) in [6, 6.07) is 24.6. The van der Waals surface area contributed by atoms with Gasteiger partial charge in [0.2, 0.25) is 0 Å². The number of fused-ring (bicyclic) bond motifs is 1. The quantitative estimate of drug-likeness (QED) is 0.584. The molecule has 0 aliphatic rings. The van der Waals surface area contributed by atoms with Gasteiger partial charge < -0.3 is 9.72 Å². The molecule has 0 saturated carbocycles. The summed E-state index contributed by atoms with van der Waals surface area (Å²) in [7, 11) is 1.67. The second kappa shape index (κ2) is 5.61. The van der Waals surface area contributed by atoms with E-state index >= 15 is 0 Å². The first-order valence-electron chi connectivity index (χ1n) is 7.53. The maximum Gasteiger partial charge on any atom is 0.138 e. The van der Waals surface area contributed by atoms with Gasteiger partial charge in [-0.2, -0.15) is 0 Å². The number of aromatic nitrogens is 2. The lowest BCUT2D eigenvalue weighted by Crippen LogP contribution is -1.82. The minimum Gasteiger partial charge on any atom is -0.497 e. The number of aromatic amines is 1. The fourth-order valence-electron chi connectivity index (χ4n) is 2.70.